The number of thiophene rings is 1. The van der Waals surface area contributed by atoms with Crippen LogP contribution in [0.2, 0.25) is 0 Å². The van der Waals surface area contributed by atoms with Crippen molar-refractivity contribution in [1.29, 1.82) is 0 Å². The molecule has 0 spiro atoms. The molecule has 0 amide bonds. The number of carbonyl (C=O) groups is 1. The van der Waals surface area contributed by atoms with Crippen LogP contribution in [-0.4, -0.2) is 25.5 Å². The van der Waals surface area contributed by atoms with E-state index in [0.29, 0.717) is 4.88 Å². The van der Waals surface area contributed by atoms with Crippen molar-refractivity contribution in [2.45, 2.75) is 62.8 Å². The van der Waals surface area contributed by atoms with Gasteiger partial charge in [0.25, 0.3) is 0 Å². The Bertz CT molecular complexity index is 598. The summed E-state index contributed by atoms with van der Waals surface area (Å²) in [5, 5.41) is 8.97. The maximum Gasteiger partial charge on any atom is 0.345 e. The Morgan fingerprint density at radius 3 is 2.33 bits per heavy atom. The highest BCUT2D eigenvalue weighted by Crippen LogP contribution is 2.27. The van der Waals surface area contributed by atoms with Gasteiger partial charge in [-0.05, 0) is 25.8 Å². The second-order valence-electron chi connectivity index (χ2n) is 5.50. The normalized spacial score (nSPS) is 18.1. The number of hydrogen-bond acceptors (Lipinski definition) is 4. The van der Waals surface area contributed by atoms with Gasteiger partial charge >= 0.3 is 5.97 Å². The number of aromatic carboxylic acids is 1. The predicted octanol–water partition coefficient (Wildman–Crippen LogP) is 3.15. The molecule has 1 aliphatic rings. The highest BCUT2D eigenvalue weighted by molar-refractivity contribution is 7.89. The van der Waals surface area contributed by atoms with Gasteiger partial charge < -0.3 is 5.11 Å². The van der Waals surface area contributed by atoms with Crippen LogP contribution in [0.3, 0.4) is 0 Å². The van der Waals surface area contributed by atoms with Gasteiger partial charge in [-0.15, -0.1) is 11.3 Å². The summed E-state index contributed by atoms with van der Waals surface area (Å²) in [4.78, 5) is 11.6. The Balaban J connectivity index is 2.15. The number of hydrogen-bond donors (Lipinski definition) is 2. The molecular formula is C14H21NO4S2. The van der Waals surface area contributed by atoms with Gasteiger partial charge in [0, 0.05) is 10.9 Å². The van der Waals surface area contributed by atoms with Crippen molar-refractivity contribution in [1.82, 2.24) is 4.72 Å². The lowest BCUT2D eigenvalue weighted by molar-refractivity contribution is 0.0702. The molecule has 0 unspecified atom stereocenters. The number of nitrogens with one attached hydrogen (secondary N) is 1. The summed E-state index contributed by atoms with van der Waals surface area (Å²) in [6.07, 6.45) is 7.32. The van der Waals surface area contributed by atoms with Crippen molar-refractivity contribution in [3.05, 3.63) is 15.8 Å². The number of aryl methyl sites for hydroxylation is 1. The highest BCUT2D eigenvalue weighted by atomic mass is 32.2. The SMILES string of the molecule is Cc1sc(C(=O)O)cc1S(=O)(=O)NC1CCCCCCC1. The zero-order chi connectivity index (χ0) is 15.5. The summed E-state index contributed by atoms with van der Waals surface area (Å²) in [7, 11) is -3.63. The molecular weight excluding hydrogens is 310 g/mol. The highest BCUT2D eigenvalue weighted by Gasteiger charge is 2.25. The smallest absolute Gasteiger partial charge is 0.345 e. The Hall–Kier alpha value is -0.920. The number of sulfonamides is 1. The topological polar surface area (TPSA) is 83.5 Å². The molecule has 1 saturated carbocycles. The van der Waals surface area contributed by atoms with Crippen molar-refractivity contribution in [3.8, 4) is 0 Å². The van der Waals surface area contributed by atoms with Gasteiger partial charge in [-0.1, -0.05) is 32.1 Å². The zero-order valence-corrected chi connectivity index (χ0v) is 13.7. The summed E-state index contributed by atoms with van der Waals surface area (Å²) < 4.78 is 27.7. The van der Waals surface area contributed by atoms with Crippen LogP contribution in [0.4, 0.5) is 0 Å². The van der Waals surface area contributed by atoms with Crippen LogP contribution in [0.15, 0.2) is 11.0 Å². The third-order valence-electron chi connectivity index (χ3n) is 3.80. The van der Waals surface area contributed by atoms with Crippen LogP contribution in [0.25, 0.3) is 0 Å². The molecule has 7 heteroatoms. The van der Waals surface area contributed by atoms with E-state index in [2.05, 4.69) is 4.72 Å². The van der Waals surface area contributed by atoms with Gasteiger partial charge in [0.2, 0.25) is 10.0 Å². The molecule has 5 nitrogen and oxygen atoms in total. The van der Waals surface area contributed by atoms with E-state index in [1.165, 1.54) is 12.5 Å². The lowest BCUT2D eigenvalue weighted by atomic mass is 9.97. The van der Waals surface area contributed by atoms with Crippen LogP contribution < -0.4 is 4.72 Å². The van der Waals surface area contributed by atoms with Crippen molar-refractivity contribution < 1.29 is 18.3 Å². The molecule has 2 rings (SSSR count). The minimum atomic E-state index is -3.63. The van der Waals surface area contributed by atoms with Crippen molar-refractivity contribution in [2.75, 3.05) is 0 Å². The van der Waals surface area contributed by atoms with Gasteiger partial charge in [0.1, 0.15) is 4.88 Å². The number of rotatable bonds is 4. The van der Waals surface area contributed by atoms with E-state index >= 15 is 0 Å². The Kier molecular flexibility index (Phi) is 5.40. The molecule has 2 N–H and O–H groups in total. The molecule has 0 bridgehead atoms. The third-order valence-corrected chi connectivity index (χ3v) is 6.61. The summed E-state index contributed by atoms with van der Waals surface area (Å²) in [5.74, 6) is -1.09. The second-order valence-corrected chi connectivity index (χ2v) is 8.44. The largest absolute Gasteiger partial charge is 0.477 e. The average molecular weight is 331 g/mol. The lowest BCUT2D eigenvalue weighted by Gasteiger charge is -2.20. The van der Waals surface area contributed by atoms with Crippen molar-refractivity contribution in [2.24, 2.45) is 0 Å². The molecule has 1 fully saturated rings. The van der Waals surface area contributed by atoms with E-state index < -0.39 is 16.0 Å². The first-order valence-corrected chi connectivity index (χ1v) is 9.56. The van der Waals surface area contributed by atoms with Crippen LogP contribution >= 0.6 is 11.3 Å². The second kappa shape index (κ2) is 6.89. The van der Waals surface area contributed by atoms with Gasteiger partial charge in [-0.25, -0.2) is 17.9 Å². The maximum atomic E-state index is 12.5. The molecule has 118 valence electrons. The van der Waals surface area contributed by atoms with E-state index in [-0.39, 0.29) is 15.8 Å². The van der Waals surface area contributed by atoms with Gasteiger partial charge in [0.15, 0.2) is 0 Å². The molecule has 0 radical (unpaired) electrons. The fourth-order valence-corrected chi connectivity index (χ4v) is 5.43. The maximum absolute atomic E-state index is 12.5. The van der Waals surface area contributed by atoms with Crippen LogP contribution in [0.1, 0.15) is 59.5 Å². The summed E-state index contributed by atoms with van der Waals surface area (Å²) >= 11 is 1.00. The van der Waals surface area contributed by atoms with E-state index in [4.69, 9.17) is 5.11 Å². The summed E-state index contributed by atoms with van der Waals surface area (Å²) in [6, 6.07) is 1.22. The number of carboxylic acids is 1. The molecule has 0 aliphatic heterocycles. The average Bonchev–Trinajstić information content (AvgIpc) is 2.75. The Morgan fingerprint density at radius 2 is 1.81 bits per heavy atom. The van der Waals surface area contributed by atoms with Gasteiger partial charge in [-0.3, -0.25) is 0 Å². The van der Waals surface area contributed by atoms with E-state index in [1.54, 1.807) is 6.92 Å². The molecule has 0 saturated heterocycles. The standard InChI is InChI=1S/C14H21NO4S2/c1-10-13(9-12(20-10)14(16)17)21(18,19)15-11-7-5-3-2-4-6-8-11/h9,11,15H,2-8H2,1H3,(H,16,17). The predicted molar refractivity (Wildman–Crippen MR) is 82.4 cm³/mol. The first-order chi connectivity index (χ1) is 9.90. The van der Waals surface area contributed by atoms with Gasteiger partial charge in [0.05, 0.1) is 4.90 Å². The lowest BCUT2D eigenvalue weighted by Crippen LogP contribution is -2.35. The van der Waals surface area contributed by atoms with Gasteiger partial charge in [-0.2, -0.15) is 0 Å². The monoisotopic (exact) mass is 331 g/mol. The molecule has 0 aromatic carbocycles. The Morgan fingerprint density at radius 1 is 1.24 bits per heavy atom. The fraction of sp³-hybridized carbons (Fsp3) is 0.643. The molecule has 21 heavy (non-hydrogen) atoms. The summed E-state index contributed by atoms with van der Waals surface area (Å²) in [5.41, 5.74) is 0. The molecule has 1 aromatic rings. The first kappa shape index (κ1) is 16.5. The van der Waals surface area contributed by atoms with Crippen molar-refractivity contribution >= 4 is 27.3 Å². The van der Waals surface area contributed by atoms with E-state index in [9.17, 15) is 13.2 Å². The zero-order valence-electron chi connectivity index (χ0n) is 12.1. The van der Waals surface area contributed by atoms with Crippen LogP contribution in [-0.2, 0) is 10.0 Å². The summed E-state index contributed by atoms with van der Waals surface area (Å²) in [6.45, 7) is 1.64. The molecule has 1 aromatic heterocycles. The van der Waals surface area contributed by atoms with Crippen LogP contribution in [0, 0.1) is 6.92 Å². The fourth-order valence-electron chi connectivity index (χ4n) is 2.69. The molecule has 1 aliphatic carbocycles. The van der Waals surface area contributed by atoms with E-state index in [0.717, 1.165) is 49.9 Å². The van der Waals surface area contributed by atoms with Crippen LogP contribution in [0.5, 0.6) is 0 Å². The number of carboxylic acid groups (broad SMARTS) is 1. The minimum absolute atomic E-state index is 0.0390. The molecule has 1 heterocycles. The minimum Gasteiger partial charge on any atom is -0.477 e. The molecule has 0 atom stereocenters. The quantitative estimate of drug-likeness (QED) is 0.888. The third kappa shape index (κ3) is 4.28. The Labute approximate surface area is 129 Å². The van der Waals surface area contributed by atoms with Crippen molar-refractivity contribution in [3.63, 3.8) is 0 Å². The first-order valence-electron chi connectivity index (χ1n) is 7.26. The van der Waals surface area contributed by atoms with E-state index in [1.807, 2.05) is 0 Å².